The van der Waals surface area contributed by atoms with Crippen molar-refractivity contribution in [1.29, 1.82) is 0 Å². The van der Waals surface area contributed by atoms with Gasteiger partial charge in [0.15, 0.2) is 0 Å². The molecule has 0 radical (unpaired) electrons. The van der Waals surface area contributed by atoms with E-state index in [1.54, 1.807) is 0 Å². The molecule has 3 heteroatoms. The van der Waals surface area contributed by atoms with E-state index in [-0.39, 0.29) is 0 Å². The van der Waals surface area contributed by atoms with Crippen molar-refractivity contribution in [2.24, 2.45) is 0 Å². The summed E-state index contributed by atoms with van der Waals surface area (Å²) >= 11 is 1.95. The lowest BCUT2D eigenvalue weighted by Crippen LogP contribution is -2.39. The molecule has 1 unspecified atom stereocenters. The van der Waals surface area contributed by atoms with E-state index in [1.807, 2.05) is 11.8 Å². The fourth-order valence-electron chi connectivity index (χ4n) is 0.976. The van der Waals surface area contributed by atoms with Gasteiger partial charge in [0.05, 0.1) is 12.7 Å². The second-order valence-corrected chi connectivity index (χ2v) is 3.68. The largest absolute Gasteiger partial charge is 0.375 e. The van der Waals surface area contributed by atoms with Gasteiger partial charge in [-0.3, -0.25) is 0 Å². The Morgan fingerprint density at radius 3 is 3.20 bits per heavy atom. The highest BCUT2D eigenvalue weighted by molar-refractivity contribution is 7.99. The quantitative estimate of drug-likeness (QED) is 0.659. The number of ether oxygens (including phenoxy) is 1. The zero-order valence-corrected chi connectivity index (χ0v) is 7.25. The Morgan fingerprint density at radius 1 is 1.70 bits per heavy atom. The molecular formula is C7H15NOS. The van der Waals surface area contributed by atoms with E-state index in [4.69, 9.17) is 4.74 Å². The van der Waals surface area contributed by atoms with Crippen LogP contribution < -0.4 is 5.32 Å². The summed E-state index contributed by atoms with van der Waals surface area (Å²) in [6.45, 7) is 5.12. The maximum atomic E-state index is 5.50. The number of nitrogens with one attached hydrogen (secondary N) is 1. The third-order valence-electron chi connectivity index (χ3n) is 1.51. The first-order valence-corrected chi connectivity index (χ1v) is 4.99. The second-order valence-electron chi connectivity index (χ2n) is 2.36. The van der Waals surface area contributed by atoms with Crippen LogP contribution in [0.4, 0.5) is 0 Å². The molecule has 60 valence electrons. The zero-order chi connectivity index (χ0) is 7.23. The summed E-state index contributed by atoms with van der Waals surface area (Å²) in [7, 11) is 0. The lowest BCUT2D eigenvalue weighted by atomic mass is 10.3. The monoisotopic (exact) mass is 161 g/mol. The SMILES string of the molecule is CCSCC1CNCCO1. The fraction of sp³-hybridized carbons (Fsp3) is 1.00. The van der Waals surface area contributed by atoms with Crippen molar-refractivity contribution in [3.8, 4) is 0 Å². The van der Waals surface area contributed by atoms with Crippen LogP contribution in [0, 0.1) is 0 Å². The molecule has 1 fully saturated rings. The van der Waals surface area contributed by atoms with E-state index in [0.717, 1.165) is 25.4 Å². The van der Waals surface area contributed by atoms with Gasteiger partial charge in [0.2, 0.25) is 0 Å². The Balaban J connectivity index is 2.02. The lowest BCUT2D eigenvalue weighted by molar-refractivity contribution is 0.0441. The molecular weight excluding hydrogens is 146 g/mol. The molecule has 1 N–H and O–H groups in total. The molecule has 0 aromatic rings. The van der Waals surface area contributed by atoms with Crippen LogP contribution in [0.15, 0.2) is 0 Å². The van der Waals surface area contributed by atoms with E-state index < -0.39 is 0 Å². The van der Waals surface area contributed by atoms with Crippen LogP contribution in [0.3, 0.4) is 0 Å². The molecule has 0 aliphatic carbocycles. The minimum absolute atomic E-state index is 0.457. The van der Waals surface area contributed by atoms with E-state index in [2.05, 4.69) is 12.2 Å². The summed E-state index contributed by atoms with van der Waals surface area (Å²) in [5.41, 5.74) is 0. The van der Waals surface area contributed by atoms with Crippen LogP contribution >= 0.6 is 11.8 Å². The van der Waals surface area contributed by atoms with Crippen LogP contribution in [0.2, 0.25) is 0 Å². The van der Waals surface area contributed by atoms with Gasteiger partial charge in [-0.05, 0) is 5.75 Å². The Hall–Kier alpha value is 0.270. The maximum Gasteiger partial charge on any atom is 0.0790 e. The van der Waals surface area contributed by atoms with Crippen molar-refractivity contribution in [1.82, 2.24) is 5.32 Å². The predicted octanol–water partition coefficient (Wildman–Crippen LogP) is 0.728. The smallest absolute Gasteiger partial charge is 0.0790 e. The van der Waals surface area contributed by atoms with Gasteiger partial charge in [-0.15, -0.1) is 0 Å². The minimum atomic E-state index is 0.457. The Labute approximate surface area is 66.7 Å². The van der Waals surface area contributed by atoms with Gasteiger partial charge in [0.25, 0.3) is 0 Å². The number of thioether (sulfide) groups is 1. The first-order chi connectivity index (χ1) is 4.93. The lowest BCUT2D eigenvalue weighted by Gasteiger charge is -2.22. The maximum absolute atomic E-state index is 5.50. The Kier molecular flexibility index (Phi) is 4.18. The third-order valence-corrected chi connectivity index (χ3v) is 2.53. The number of hydrogen-bond donors (Lipinski definition) is 1. The van der Waals surface area contributed by atoms with E-state index >= 15 is 0 Å². The fourth-order valence-corrected chi connectivity index (χ4v) is 1.69. The van der Waals surface area contributed by atoms with Gasteiger partial charge in [-0.1, -0.05) is 6.92 Å². The van der Waals surface area contributed by atoms with Crippen molar-refractivity contribution in [3.05, 3.63) is 0 Å². The topological polar surface area (TPSA) is 21.3 Å². The van der Waals surface area contributed by atoms with Gasteiger partial charge in [-0.2, -0.15) is 11.8 Å². The molecule has 1 atom stereocenters. The van der Waals surface area contributed by atoms with Crippen LogP contribution in [-0.2, 0) is 4.74 Å². The molecule has 0 amide bonds. The molecule has 1 aliphatic heterocycles. The average molecular weight is 161 g/mol. The molecule has 1 rings (SSSR count). The molecule has 10 heavy (non-hydrogen) atoms. The number of hydrogen-bond acceptors (Lipinski definition) is 3. The number of rotatable bonds is 3. The van der Waals surface area contributed by atoms with E-state index in [0.29, 0.717) is 6.10 Å². The standard InChI is InChI=1S/C7H15NOS/c1-2-10-6-7-5-8-3-4-9-7/h7-8H,2-6H2,1H3. The molecule has 1 saturated heterocycles. The first-order valence-electron chi connectivity index (χ1n) is 3.83. The van der Waals surface area contributed by atoms with Crippen molar-refractivity contribution in [2.75, 3.05) is 31.2 Å². The summed E-state index contributed by atoms with van der Waals surface area (Å²) in [6, 6.07) is 0. The number of morpholine rings is 1. The molecule has 0 aromatic heterocycles. The minimum Gasteiger partial charge on any atom is -0.375 e. The molecule has 0 spiro atoms. The van der Waals surface area contributed by atoms with Crippen LogP contribution in [-0.4, -0.2) is 37.3 Å². The van der Waals surface area contributed by atoms with Crippen molar-refractivity contribution in [2.45, 2.75) is 13.0 Å². The molecule has 0 saturated carbocycles. The van der Waals surface area contributed by atoms with Crippen molar-refractivity contribution < 1.29 is 4.74 Å². The van der Waals surface area contributed by atoms with Gasteiger partial charge < -0.3 is 10.1 Å². The molecule has 1 aliphatic rings. The summed E-state index contributed by atoms with van der Waals surface area (Å²) in [5.74, 6) is 2.34. The third kappa shape index (κ3) is 2.90. The molecule has 0 bridgehead atoms. The van der Waals surface area contributed by atoms with Crippen LogP contribution in [0.5, 0.6) is 0 Å². The first kappa shape index (κ1) is 8.37. The highest BCUT2D eigenvalue weighted by Gasteiger charge is 2.11. The Morgan fingerprint density at radius 2 is 2.60 bits per heavy atom. The van der Waals surface area contributed by atoms with Gasteiger partial charge in [0, 0.05) is 18.8 Å². The summed E-state index contributed by atoms with van der Waals surface area (Å²) in [6.07, 6.45) is 0.457. The van der Waals surface area contributed by atoms with E-state index in [1.165, 1.54) is 5.75 Å². The molecule has 1 heterocycles. The normalized spacial score (nSPS) is 26.7. The van der Waals surface area contributed by atoms with Crippen molar-refractivity contribution in [3.63, 3.8) is 0 Å². The van der Waals surface area contributed by atoms with Gasteiger partial charge >= 0.3 is 0 Å². The predicted molar refractivity (Wildman–Crippen MR) is 45.6 cm³/mol. The van der Waals surface area contributed by atoms with Crippen LogP contribution in [0.25, 0.3) is 0 Å². The summed E-state index contributed by atoms with van der Waals surface area (Å²) in [5, 5.41) is 3.31. The van der Waals surface area contributed by atoms with E-state index in [9.17, 15) is 0 Å². The van der Waals surface area contributed by atoms with Crippen molar-refractivity contribution >= 4 is 11.8 Å². The summed E-state index contributed by atoms with van der Waals surface area (Å²) < 4.78 is 5.50. The molecule has 0 aromatic carbocycles. The van der Waals surface area contributed by atoms with Crippen LogP contribution in [0.1, 0.15) is 6.92 Å². The zero-order valence-electron chi connectivity index (χ0n) is 6.43. The summed E-state index contributed by atoms with van der Waals surface area (Å²) in [4.78, 5) is 0. The highest BCUT2D eigenvalue weighted by Crippen LogP contribution is 2.06. The Bertz CT molecular complexity index is 83.7. The average Bonchev–Trinajstić information content (AvgIpc) is 2.03. The molecule has 2 nitrogen and oxygen atoms in total. The second kappa shape index (κ2) is 4.99. The van der Waals surface area contributed by atoms with Gasteiger partial charge in [0.1, 0.15) is 0 Å². The van der Waals surface area contributed by atoms with Gasteiger partial charge in [-0.25, -0.2) is 0 Å². The highest BCUT2D eigenvalue weighted by atomic mass is 32.2.